The summed E-state index contributed by atoms with van der Waals surface area (Å²) in [4.78, 5) is 10.7. The van der Waals surface area contributed by atoms with E-state index in [9.17, 15) is 9.90 Å². The lowest BCUT2D eigenvalue weighted by Crippen LogP contribution is -2.39. The van der Waals surface area contributed by atoms with Gasteiger partial charge in [-0.2, -0.15) is 0 Å². The molecule has 0 aromatic heterocycles. The van der Waals surface area contributed by atoms with E-state index in [0.717, 1.165) is 24.7 Å². The van der Waals surface area contributed by atoms with Gasteiger partial charge in [-0.15, -0.1) is 0 Å². The Labute approximate surface area is 84.8 Å². The van der Waals surface area contributed by atoms with Crippen molar-refractivity contribution < 1.29 is 14.6 Å². The van der Waals surface area contributed by atoms with Crippen molar-refractivity contribution in [3.05, 3.63) is 11.1 Å². The van der Waals surface area contributed by atoms with Crippen LogP contribution in [0.2, 0.25) is 0 Å². The van der Waals surface area contributed by atoms with Gasteiger partial charge in [0.05, 0.1) is 0 Å². The zero-order chi connectivity index (χ0) is 10.8. The van der Waals surface area contributed by atoms with Crippen LogP contribution in [-0.2, 0) is 9.53 Å². The monoisotopic (exact) mass is 198 g/mol. The molecule has 14 heavy (non-hydrogen) atoms. The summed E-state index contributed by atoms with van der Waals surface area (Å²) in [5, 5.41) is 10.2. The van der Waals surface area contributed by atoms with E-state index in [4.69, 9.17) is 4.74 Å². The molecule has 1 aliphatic carbocycles. The fourth-order valence-corrected chi connectivity index (χ4v) is 2.07. The van der Waals surface area contributed by atoms with Crippen molar-refractivity contribution in [2.24, 2.45) is 5.92 Å². The van der Waals surface area contributed by atoms with E-state index >= 15 is 0 Å². The summed E-state index contributed by atoms with van der Waals surface area (Å²) in [6, 6.07) is 0. The third-order valence-electron chi connectivity index (χ3n) is 2.97. The molecule has 1 rings (SSSR count). The van der Waals surface area contributed by atoms with Crippen molar-refractivity contribution in [1.29, 1.82) is 0 Å². The van der Waals surface area contributed by atoms with Gasteiger partial charge in [-0.25, -0.2) is 0 Å². The Hall–Kier alpha value is -0.670. The van der Waals surface area contributed by atoms with Gasteiger partial charge in [0, 0.05) is 13.5 Å². The molecule has 2 atom stereocenters. The molecular weight excluding hydrogens is 180 g/mol. The topological polar surface area (TPSA) is 46.5 Å². The molecule has 2 unspecified atom stereocenters. The van der Waals surface area contributed by atoms with Gasteiger partial charge in [0.15, 0.2) is 5.79 Å². The average Bonchev–Trinajstić information content (AvgIpc) is 2.17. The lowest BCUT2D eigenvalue weighted by Gasteiger charge is -2.37. The normalized spacial score (nSPS) is 36.7. The Bertz CT molecular complexity index is 257. The molecule has 80 valence electrons. The van der Waals surface area contributed by atoms with Crippen LogP contribution in [0, 0.1) is 5.92 Å². The first-order valence-electron chi connectivity index (χ1n) is 4.96. The van der Waals surface area contributed by atoms with E-state index in [1.165, 1.54) is 7.11 Å². The van der Waals surface area contributed by atoms with Crippen LogP contribution in [0.25, 0.3) is 0 Å². The SMILES string of the molecule is COC1(O)CC(C)CC/C1=C(\C)C=O. The third kappa shape index (κ3) is 2.04. The molecule has 3 heteroatoms. The predicted molar refractivity (Wildman–Crippen MR) is 53.7 cm³/mol. The zero-order valence-electron chi connectivity index (χ0n) is 9.04. The second-order valence-corrected chi connectivity index (χ2v) is 4.12. The van der Waals surface area contributed by atoms with E-state index in [1.54, 1.807) is 6.92 Å². The quantitative estimate of drug-likeness (QED) is 0.417. The number of carbonyl (C=O) groups is 1. The molecule has 0 radical (unpaired) electrons. The Balaban J connectivity index is 3.00. The van der Waals surface area contributed by atoms with Crippen LogP contribution in [0.4, 0.5) is 0 Å². The van der Waals surface area contributed by atoms with Gasteiger partial charge in [-0.3, -0.25) is 4.79 Å². The van der Waals surface area contributed by atoms with Crippen molar-refractivity contribution in [1.82, 2.24) is 0 Å². The zero-order valence-corrected chi connectivity index (χ0v) is 9.04. The highest BCUT2D eigenvalue weighted by Gasteiger charge is 2.38. The van der Waals surface area contributed by atoms with Gasteiger partial charge in [-0.1, -0.05) is 6.92 Å². The minimum atomic E-state index is -1.22. The number of ether oxygens (including phenoxy) is 1. The van der Waals surface area contributed by atoms with Crippen LogP contribution < -0.4 is 0 Å². The molecule has 1 N–H and O–H groups in total. The van der Waals surface area contributed by atoms with Gasteiger partial charge in [-0.05, 0) is 36.8 Å². The first kappa shape index (κ1) is 11.4. The Kier molecular flexibility index (Phi) is 3.45. The molecule has 1 saturated carbocycles. The highest BCUT2D eigenvalue weighted by atomic mass is 16.6. The summed E-state index contributed by atoms with van der Waals surface area (Å²) in [5.41, 5.74) is 1.34. The molecule has 0 aromatic carbocycles. The van der Waals surface area contributed by atoms with Crippen LogP contribution in [0.15, 0.2) is 11.1 Å². The number of allylic oxidation sites excluding steroid dienone is 1. The molecule has 1 fully saturated rings. The number of aliphatic hydroxyl groups is 1. The number of hydrogen-bond donors (Lipinski definition) is 1. The Morgan fingerprint density at radius 3 is 2.86 bits per heavy atom. The number of rotatable bonds is 2. The van der Waals surface area contributed by atoms with E-state index in [-0.39, 0.29) is 0 Å². The van der Waals surface area contributed by atoms with Crippen LogP contribution in [0.1, 0.15) is 33.1 Å². The Morgan fingerprint density at radius 1 is 1.71 bits per heavy atom. The number of carbonyl (C=O) groups excluding carboxylic acids is 1. The molecule has 0 saturated heterocycles. The predicted octanol–water partition coefficient (Wildman–Crippen LogP) is 1.66. The molecule has 0 bridgehead atoms. The lowest BCUT2D eigenvalue weighted by molar-refractivity contribution is -0.176. The van der Waals surface area contributed by atoms with E-state index in [1.807, 2.05) is 0 Å². The molecule has 0 heterocycles. The summed E-state index contributed by atoms with van der Waals surface area (Å²) in [6.07, 6.45) is 3.11. The fourth-order valence-electron chi connectivity index (χ4n) is 2.07. The molecule has 0 aromatic rings. The molecular formula is C11H18O3. The maximum absolute atomic E-state index is 10.7. The first-order chi connectivity index (χ1) is 6.53. The number of methoxy groups -OCH3 is 1. The molecule has 0 aliphatic heterocycles. The standard InChI is InChI=1S/C11H18O3/c1-8-4-5-10(9(2)7-12)11(13,6-8)14-3/h7-8,13H,4-6H2,1-3H3/b10-9-. The summed E-state index contributed by atoms with van der Waals surface area (Å²) < 4.78 is 5.12. The molecule has 0 amide bonds. The summed E-state index contributed by atoms with van der Waals surface area (Å²) in [7, 11) is 1.48. The van der Waals surface area contributed by atoms with Crippen molar-refractivity contribution in [2.45, 2.75) is 38.9 Å². The van der Waals surface area contributed by atoms with Gasteiger partial charge in [0.1, 0.15) is 6.29 Å². The Morgan fingerprint density at radius 2 is 2.36 bits per heavy atom. The second kappa shape index (κ2) is 4.24. The maximum Gasteiger partial charge on any atom is 0.188 e. The summed E-state index contributed by atoms with van der Waals surface area (Å²) in [6.45, 7) is 3.80. The third-order valence-corrected chi connectivity index (χ3v) is 2.97. The van der Waals surface area contributed by atoms with Gasteiger partial charge >= 0.3 is 0 Å². The lowest BCUT2D eigenvalue weighted by atomic mass is 9.80. The largest absolute Gasteiger partial charge is 0.362 e. The van der Waals surface area contributed by atoms with Crippen LogP contribution >= 0.6 is 0 Å². The molecule has 1 aliphatic rings. The minimum Gasteiger partial charge on any atom is -0.362 e. The number of hydrogen-bond acceptors (Lipinski definition) is 3. The summed E-state index contributed by atoms with van der Waals surface area (Å²) in [5.74, 6) is -0.786. The van der Waals surface area contributed by atoms with Gasteiger partial charge in [0.2, 0.25) is 0 Å². The smallest absolute Gasteiger partial charge is 0.188 e. The van der Waals surface area contributed by atoms with Crippen LogP contribution in [0.3, 0.4) is 0 Å². The van der Waals surface area contributed by atoms with Crippen molar-refractivity contribution in [3.63, 3.8) is 0 Å². The van der Waals surface area contributed by atoms with Crippen molar-refractivity contribution >= 4 is 6.29 Å². The number of aldehydes is 1. The van der Waals surface area contributed by atoms with Gasteiger partial charge < -0.3 is 9.84 Å². The van der Waals surface area contributed by atoms with Crippen molar-refractivity contribution in [2.75, 3.05) is 7.11 Å². The molecule has 3 nitrogen and oxygen atoms in total. The summed E-state index contributed by atoms with van der Waals surface area (Å²) >= 11 is 0. The fraction of sp³-hybridized carbons (Fsp3) is 0.727. The van der Waals surface area contributed by atoms with E-state index in [2.05, 4.69) is 6.92 Å². The van der Waals surface area contributed by atoms with Crippen molar-refractivity contribution in [3.8, 4) is 0 Å². The first-order valence-corrected chi connectivity index (χ1v) is 4.96. The van der Waals surface area contributed by atoms with E-state index in [0.29, 0.717) is 17.9 Å². The highest BCUT2D eigenvalue weighted by molar-refractivity contribution is 5.74. The average molecular weight is 198 g/mol. The highest BCUT2D eigenvalue weighted by Crippen LogP contribution is 2.38. The minimum absolute atomic E-state index is 0.433. The second-order valence-electron chi connectivity index (χ2n) is 4.12. The van der Waals surface area contributed by atoms with Crippen LogP contribution in [-0.4, -0.2) is 24.3 Å². The maximum atomic E-state index is 10.7. The van der Waals surface area contributed by atoms with Gasteiger partial charge in [0.25, 0.3) is 0 Å². The van der Waals surface area contributed by atoms with E-state index < -0.39 is 5.79 Å². The molecule has 0 spiro atoms. The van der Waals surface area contributed by atoms with Crippen LogP contribution in [0.5, 0.6) is 0 Å².